The summed E-state index contributed by atoms with van der Waals surface area (Å²) < 4.78 is 33.5. The molecule has 0 unspecified atom stereocenters. The van der Waals surface area contributed by atoms with Gasteiger partial charge in [0.15, 0.2) is 11.5 Å². The third kappa shape index (κ3) is 3.80. The van der Waals surface area contributed by atoms with Crippen LogP contribution in [0.25, 0.3) is 11.1 Å². The summed E-state index contributed by atoms with van der Waals surface area (Å²) in [5, 5.41) is 5.16. The monoisotopic (exact) mass is 399 g/mol. The van der Waals surface area contributed by atoms with Crippen LogP contribution in [0.2, 0.25) is 0 Å². The molecule has 0 saturated heterocycles. The fraction of sp³-hybridized carbons (Fsp3) is 0.364. The van der Waals surface area contributed by atoms with Crippen molar-refractivity contribution in [2.24, 2.45) is 10.6 Å². The molecule has 2 aromatic carbocycles. The Bertz CT molecular complexity index is 1030. The van der Waals surface area contributed by atoms with Crippen molar-refractivity contribution >= 4 is 21.2 Å². The number of ether oxygens (including phenoxy) is 2. The van der Waals surface area contributed by atoms with Crippen molar-refractivity contribution < 1.29 is 17.9 Å². The zero-order valence-corrected chi connectivity index (χ0v) is 17.0. The molecule has 0 amide bonds. The summed E-state index contributed by atoms with van der Waals surface area (Å²) in [6.45, 7) is 0. The Labute approximate surface area is 166 Å². The molecule has 148 valence electrons. The minimum Gasteiger partial charge on any atom is -0.493 e. The molecule has 1 fully saturated rings. The second-order valence-electron chi connectivity index (χ2n) is 7.88. The summed E-state index contributed by atoms with van der Waals surface area (Å²) >= 11 is 0. The first-order chi connectivity index (χ1) is 13.3. The van der Waals surface area contributed by atoms with Crippen LogP contribution < -0.4 is 14.6 Å². The Morgan fingerprint density at radius 2 is 1.46 bits per heavy atom. The number of rotatable bonds is 6. The lowest BCUT2D eigenvalue weighted by molar-refractivity contribution is 0.355. The molecular weight excluding hydrogens is 374 g/mol. The van der Waals surface area contributed by atoms with Gasteiger partial charge >= 0.3 is 0 Å². The van der Waals surface area contributed by atoms with Gasteiger partial charge in [-0.15, -0.1) is 0 Å². The van der Waals surface area contributed by atoms with E-state index in [1.54, 1.807) is 14.2 Å². The molecule has 0 radical (unpaired) electrons. The molecule has 2 aromatic rings. The van der Waals surface area contributed by atoms with E-state index in [1.807, 2.05) is 36.4 Å². The van der Waals surface area contributed by atoms with Crippen LogP contribution in [0.1, 0.15) is 42.4 Å². The zero-order chi connectivity index (χ0) is 19.9. The highest BCUT2D eigenvalue weighted by molar-refractivity contribution is 7.88. The average Bonchev–Trinajstić information content (AvgIpc) is 3.31. The highest BCUT2D eigenvalue weighted by Gasteiger charge is 2.48. The van der Waals surface area contributed by atoms with Crippen molar-refractivity contribution in [3.63, 3.8) is 0 Å². The van der Waals surface area contributed by atoms with E-state index >= 15 is 0 Å². The van der Waals surface area contributed by atoms with Crippen LogP contribution in [0.15, 0.2) is 42.5 Å². The Morgan fingerprint density at radius 3 is 2.00 bits per heavy atom. The predicted molar refractivity (Wildman–Crippen MR) is 111 cm³/mol. The Balaban J connectivity index is 1.72. The summed E-state index contributed by atoms with van der Waals surface area (Å²) in [7, 11) is -0.234. The van der Waals surface area contributed by atoms with Crippen molar-refractivity contribution in [3.8, 4) is 11.5 Å². The van der Waals surface area contributed by atoms with Crippen molar-refractivity contribution in [3.05, 3.63) is 59.2 Å². The van der Waals surface area contributed by atoms with Gasteiger partial charge in [0.1, 0.15) is 0 Å². The molecule has 0 aliphatic heterocycles. The van der Waals surface area contributed by atoms with Gasteiger partial charge in [-0.1, -0.05) is 30.3 Å². The summed E-state index contributed by atoms with van der Waals surface area (Å²) in [4.78, 5) is 0. The number of allylic oxidation sites excluding steroid dienone is 2. The number of nitrogens with two attached hydrogens (primary N) is 1. The van der Waals surface area contributed by atoms with E-state index in [2.05, 4.69) is 6.07 Å². The van der Waals surface area contributed by atoms with Gasteiger partial charge in [-0.25, -0.2) is 13.6 Å². The second-order valence-corrected chi connectivity index (χ2v) is 9.50. The number of sulfonamides is 1. The van der Waals surface area contributed by atoms with Crippen molar-refractivity contribution in [2.45, 2.75) is 31.4 Å². The fourth-order valence-electron chi connectivity index (χ4n) is 4.17. The van der Waals surface area contributed by atoms with Crippen molar-refractivity contribution in [2.75, 3.05) is 14.2 Å². The van der Waals surface area contributed by atoms with E-state index in [0.29, 0.717) is 11.0 Å². The largest absolute Gasteiger partial charge is 0.493 e. The van der Waals surface area contributed by atoms with Gasteiger partial charge in [0.2, 0.25) is 10.0 Å². The maximum atomic E-state index is 11.3. The van der Waals surface area contributed by atoms with E-state index in [4.69, 9.17) is 14.6 Å². The van der Waals surface area contributed by atoms with Crippen molar-refractivity contribution in [1.82, 2.24) is 0 Å². The molecule has 1 spiro atoms. The first kappa shape index (κ1) is 19.0. The van der Waals surface area contributed by atoms with E-state index in [1.165, 1.54) is 24.0 Å². The van der Waals surface area contributed by atoms with Gasteiger partial charge in [0, 0.05) is 0 Å². The summed E-state index contributed by atoms with van der Waals surface area (Å²) in [6.07, 6.45) is 4.65. The van der Waals surface area contributed by atoms with Crippen LogP contribution in [0.5, 0.6) is 11.5 Å². The minimum absolute atomic E-state index is 0.140. The second kappa shape index (κ2) is 6.94. The fourth-order valence-corrected chi connectivity index (χ4v) is 4.82. The van der Waals surface area contributed by atoms with Gasteiger partial charge < -0.3 is 9.47 Å². The molecule has 1 saturated carbocycles. The maximum Gasteiger partial charge on any atom is 0.213 e. The number of primary sulfonamides is 1. The smallest absolute Gasteiger partial charge is 0.213 e. The third-order valence-electron chi connectivity index (χ3n) is 5.83. The van der Waals surface area contributed by atoms with Crippen LogP contribution in [-0.4, -0.2) is 22.6 Å². The summed E-state index contributed by atoms with van der Waals surface area (Å²) in [6, 6.07) is 13.8. The lowest BCUT2D eigenvalue weighted by Crippen LogP contribution is -2.14. The molecule has 2 aliphatic rings. The highest BCUT2D eigenvalue weighted by Crippen LogP contribution is 2.63. The van der Waals surface area contributed by atoms with Crippen LogP contribution in [0.4, 0.5) is 0 Å². The third-order valence-corrected chi connectivity index (χ3v) is 6.56. The molecule has 28 heavy (non-hydrogen) atoms. The molecular formula is C22H25NO4S. The summed E-state index contributed by atoms with van der Waals surface area (Å²) in [5.74, 6) is 1.31. The van der Waals surface area contributed by atoms with E-state index in [-0.39, 0.29) is 5.75 Å². The quantitative estimate of drug-likeness (QED) is 0.797. The minimum atomic E-state index is -3.52. The topological polar surface area (TPSA) is 78.6 Å². The molecule has 0 bridgehead atoms. The Hall–Kier alpha value is -2.31. The van der Waals surface area contributed by atoms with Crippen LogP contribution >= 0.6 is 0 Å². The molecule has 0 aromatic heterocycles. The SMILES string of the molecule is COc1ccc(C2=C(c3ccc(CS(N)(=O)=O)cc3)CC3(CC3)C2)cc1OC. The maximum absolute atomic E-state index is 11.3. The zero-order valence-electron chi connectivity index (χ0n) is 16.2. The van der Waals surface area contributed by atoms with Gasteiger partial charge in [-0.2, -0.15) is 0 Å². The average molecular weight is 400 g/mol. The van der Waals surface area contributed by atoms with E-state index in [0.717, 1.165) is 35.5 Å². The molecule has 2 N–H and O–H groups in total. The molecule has 5 nitrogen and oxygen atoms in total. The number of hydrogen-bond acceptors (Lipinski definition) is 4. The molecule has 6 heteroatoms. The molecule has 0 heterocycles. The number of methoxy groups -OCH3 is 2. The predicted octanol–water partition coefficient (Wildman–Crippen LogP) is 3.98. The highest BCUT2D eigenvalue weighted by atomic mass is 32.2. The molecule has 0 atom stereocenters. The Morgan fingerprint density at radius 1 is 0.893 bits per heavy atom. The van der Waals surface area contributed by atoms with Gasteiger partial charge in [-0.3, -0.25) is 0 Å². The normalized spacial score (nSPS) is 17.8. The lowest BCUT2D eigenvalue weighted by Gasteiger charge is -2.13. The van der Waals surface area contributed by atoms with Gasteiger partial charge in [-0.05, 0) is 71.1 Å². The lowest BCUT2D eigenvalue weighted by atomic mass is 9.96. The standard InChI is InChI=1S/C22H25NO4S/c1-26-20-8-7-17(11-21(20)27-2)19-13-22(9-10-22)12-18(19)16-5-3-15(4-6-16)14-28(23,24)25/h3-8,11H,9-10,12-14H2,1-2H3,(H2,23,24,25). The van der Waals surface area contributed by atoms with Gasteiger partial charge in [0.05, 0.1) is 20.0 Å². The van der Waals surface area contributed by atoms with Crippen LogP contribution in [-0.2, 0) is 15.8 Å². The molecule has 4 rings (SSSR count). The van der Waals surface area contributed by atoms with E-state index < -0.39 is 10.0 Å². The molecule has 2 aliphatic carbocycles. The Kier molecular flexibility index (Phi) is 4.71. The van der Waals surface area contributed by atoms with Crippen molar-refractivity contribution in [1.29, 1.82) is 0 Å². The first-order valence-corrected chi connectivity index (χ1v) is 11.1. The van der Waals surface area contributed by atoms with Crippen LogP contribution in [0, 0.1) is 5.41 Å². The van der Waals surface area contributed by atoms with Crippen LogP contribution in [0.3, 0.4) is 0 Å². The van der Waals surface area contributed by atoms with E-state index in [9.17, 15) is 8.42 Å². The number of hydrogen-bond donors (Lipinski definition) is 1. The first-order valence-electron chi connectivity index (χ1n) is 9.37. The number of benzene rings is 2. The van der Waals surface area contributed by atoms with Gasteiger partial charge in [0.25, 0.3) is 0 Å². The summed E-state index contributed by atoms with van der Waals surface area (Å²) in [5.41, 5.74) is 6.09.